The largest absolute Gasteiger partial charge is 0.490 e. The van der Waals surface area contributed by atoms with Crippen LogP contribution in [0.1, 0.15) is 20.7 Å². The second-order valence-corrected chi connectivity index (χ2v) is 4.45. The molecular weight excluding hydrogens is 238 g/mol. The number of rotatable bonds is 6. The second kappa shape index (κ2) is 6.55. The first-order valence-corrected chi connectivity index (χ1v) is 6.15. The third-order valence-corrected chi connectivity index (χ3v) is 2.49. The molecule has 0 saturated carbocycles. The van der Waals surface area contributed by atoms with Crippen molar-refractivity contribution in [3.05, 3.63) is 42.5 Å². The highest BCUT2D eigenvalue weighted by atomic mass is 16.5. The van der Waals surface area contributed by atoms with Gasteiger partial charge in [0.2, 0.25) is 0 Å². The van der Waals surface area contributed by atoms with Gasteiger partial charge in [-0.25, -0.2) is 0 Å². The highest BCUT2D eigenvalue weighted by Gasteiger charge is 2.07. The first-order chi connectivity index (χ1) is 11.0. The Morgan fingerprint density at radius 2 is 2.00 bits per heavy atom. The molecule has 2 rings (SSSR count). The molecule has 0 aromatic heterocycles. The van der Waals surface area contributed by atoms with Gasteiger partial charge in [-0.3, -0.25) is 0 Å². The molecule has 19 heavy (non-hydrogen) atoms. The summed E-state index contributed by atoms with van der Waals surface area (Å²) in [4.78, 5) is 0. The molecule has 0 saturated heterocycles. The fourth-order valence-electron chi connectivity index (χ4n) is 1.63. The zero-order chi connectivity index (χ0) is 18.2. The summed E-state index contributed by atoms with van der Waals surface area (Å²) in [5.41, 5.74) is 0. The molecule has 3 heteroatoms. The lowest BCUT2D eigenvalue weighted by Crippen LogP contribution is -2.35. The quantitative estimate of drug-likeness (QED) is 0.842. The third-order valence-electron chi connectivity index (χ3n) is 2.49. The van der Waals surface area contributed by atoms with Gasteiger partial charge in [0.15, 0.2) is 0 Å². The van der Waals surface area contributed by atoms with E-state index in [1.165, 1.54) is 6.07 Å². The van der Waals surface area contributed by atoms with E-state index < -0.39 is 25.2 Å². The van der Waals surface area contributed by atoms with E-state index in [0.29, 0.717) is 5.39 Å². The Morgan fingerprint density at radius 1 is 1.26 bits per heavy atom. The Hall–Kier alpha value is -1.58. The van der Waals surface area contributed by atoms with Crippen LogP contribution in [-0.4, -0.2) is 30.3 Å². The minimum absolute atomic E-state index is 0.129. The zero-order valence-electron chi connectivity index (χ0n) is 16.0. The summed E-state index contributed by atoms with van der Waals surface area (Å²) in [6.07, 6.45) is -3.18. The average molecular weight is 264 g/mol. The molecule has 102 valence electrons. The van der Waals surface area contributed by atoms with Gasteiger partial charge in [-0.1, -0.05) is 50.2 Å². The van der Waals surface area contributed by atoms with E-state index in [1.54, 1.807) is 32.0 Å². The predicted octanol–water partition coefficient (Wildman–Crippen LogP) is 2.58. The zero-order valence-corrected chi connectivity index (χ0v) is 11.0. The second-order valence-electron chi connectivity index (χ2n) is 4.45. The van der Waals surface area contributed by atoms with Crippen LogP contribution in [0.25, 0.3) is 10.8 Å². The molecule has 0 bridgehead atoms. The van der Waals surface area contributed by atoms with Gasteiger partial charge < -0.3 is 15.2 Å². The number of nitrogens with one attached hydrogen (secondary N) is 1. The van der Waals surface area contributed by atoms with Crippen LogP contribution in [0.4, 0.5) is 0 Å². The van der Waals surface area contributed by atoms with Crippen molar-refractivity contribution in [2.75, 3.05) is 13.1 Å². The number of fused-ring (bicyclic) bond motifs is 1. The van der Waals surface area contributed by atoms with Crippen LogP contribution in [0.3, 0.4) is 0 Å². The molecule has 0 radical (unpaired) electrons. The highest BCUT2D eigenvalue weighted by molar-refractivity contribution is 5.88. The lowest BCUT2D eigenvalue weighted by Gasteiger charge is -2.15. The molecule has 2 aromatic rings. The number of ether oxygens (including phenoxy) is 1. The molecule has 0 amide bonds. The Balaban J connectivity index is 2.39. The molecule has 2 N–H and O–H groups in total. The summed E-state index contributed by atoms with van der Waals surface area (Å²) in [7, 11) is 0. The van der Waals surface area contributed by atoms with Gasteiger partial charge >= 0.3 is 0 Å². The lowest BCUT2D eigenvalue weighted by molar-refractivity contribution is 0.105. The minimum atomic E-state index is -3.18. The smallest absolute Gasteiger partial charge is 0.127 e. The summed E-state index contributed by atoms with van der Waals surface area (Å²) >= 11 is 0. The van der Waals surface area contributed by atoms with E-state index in [0.717, 1.165) is 5.39 Å². The topological polar surface area (TPSA) is 41.5 Å². The average Bonchev–Trinajstić information content (AvgIpc) is 2.45. The van der Waals surface area contributed by atoms with Crippen molar-refractivity contribution in [1.82, 2.24) is 5.32 Å². The van der Waals surface area contributed by atoms with Crippen molar-refractivity contribution in [3.8, 4) is 5.75 Å². The number of aliphatic hydroxyl groups is 1. The van der Waals surface area contributed by atoms with Crippen molar-refractivity contribution in [2.45, 2.75) is 26.0 Å². The van der Waals surface area contributed by atoms with Crippen LogP contribution in [0.5, 0.6) is 5.75 Å². The molecule has 0 fully saturated rings. The SMILES string of the molecule is [2H]C([2H])(NC(C)C)C([2H])(O)C([2H])([2H])Oc1cccc2ccccc12. The number of hydrogen-bond acceptors (Lipinski definition) is 3. The maximum atomic E-state index is 10.3. The van der Waals surface area contributed by atoms with Gasteiger partial charge in [-0.2, -0.15) is 0 Å². The Kier molecular flexibility index (Phi) is 2.95. The van der Waals surface area contributed by atoms with Crippen LogP contribution < -0.4 is 10.1 Å². The molecule has 2 aromatic carbocycles. The Labute approximate surface area is 121 Å². The molecule has 3 nitrogen and oxygen atoms in total. The van der Waals surface area contributed by atoms with Crippen LogP contribution in [-0.2, 0) is 0 Å². The van der Waals surface area contributed by atoms with Crippen molar-refractivity contribution in [1.29, 1.82) is 0 Å². The highest BCUT2D eigenvalue weighted by Crippen LogP contribution is 2.25. The van der Waals surface area contributed by atoms with Gasteiger partial charge in [-0.05, 0) is 11.5 Å². The van der Waals surface area contributed by atoms with Crippen molar-refractivity contribution >= 4 is 10.8 Å². The van der Waals surface area contributed by atoms with Crippen molar-refractivity contribution < 1.29 is 16.7 Å². The fourth-order valence-corrected chi connectivity index (χ4v) is 1.63. The monoisotopic (exact) mass is 264 g/mol. The molecule has 0 heterocycles. The van der Waals surface area contributed by atoms with E-state index in [-0.39, 0.29) is 5.75 Å². The normalized spacial score (nSPS) is 19.9. The molecule has 0 aliphatic rings. The first-order valence-electron chi connectivity index (χ1n) is 8.65. The van der Waals surface area contributed by atoms with Gasteiger partial charge in [0.05, 0.1) is 4.11 Å². The molecule has 0 spiro atoms. The summed E-state index contributed by atoms with van der Waals surface area (Å²) in [6.45, 7) is -2.46. The van der Waals surface area contributed by atoms with Gasteiger partial charge in [0, 0.05) is 20.7 Å². The van der Waals surface area contributed by atoms with E-state index >= 15 is 0 Å². The van der Waals surface area contributed by atoms with E-state index in [9.17, 15) is 5.11 Å². The summed E-state index contributed by atoms with van der Waals surface area (Å²) in [5, 5.41) is 14.1. The number of hydrogen-bond donors (Lipinski definition) is 2. The minimum Gasteiger partial charge on any atom is -0.490 e. The molecule has 0 aliphatic carbocycles. The lowest BCUT2D eigenvalue weighted by atomic mass is 10.1. The van der Waals surface area contributed by atoms with Crippen LogP contribution in [0, 0.1) is 0 Å². The van der Waals surface area contributed by atoms with Crippen molar-refractivity contribution in [3.63, 3.8) is 0 Å². The maximum absolute atomic E-state index is 10.3. The van der Waals surface area contributed by atoms with E-state index in [2.05, 4.69) is 5.32 Å². The van der Waals surface area contributed by atoms with Crippen LogP contribution in [0.15, 0.2) is 42.5 Å². The summed E-state index contributed by atoms with van der Waals surface area (Å²) in [6, 6.07) is 11.7. The standard InChI is InChI=1S/C16H21NO2/c1-12(2)17-10-14(18)11-19-16-9-5-7-13-6-3-4-8-15(13)16/h3-9,12,14,17-18H,10-11H2,1-2H3/i10D2,11D2,14D. The van der Waals surface area contributed by atoms with E-state index in [4.69, 9.17) is 11.6 Å². The first kappa shape index (κ1) is 8.56. The number of benzene rings is 2. The van der Waals surface area contributed by atoms with Crippen molar-refractivity contribution in [2.24, 2.45) is 0 Å². The summed E-state index contributed by atoms with van der Waals surface area (Å²) in [5.74, 6) is 0.129. The van der Waals surface area contributed by atoms with E-state index in [1.807, 2.05) is 18.2 Å². The van der Waals surface area contributed by atoms with Gasteiger partial charge in [0.25, 0.3) is 0 Å². The fraction of sp³-hybridized carbons (Fsp3) is 0.375. The van der Waals surface area contributed by atoms with Gasteiger partial charge in [-0.15, -0.1) is 0 Å². The van der Waals surface area contributed by atoms with Crippen LogP contribution in [0.2, 0.25) is 0 Å². The molecule has 1 atom stereocenters. The predicted molar refractivity (Wildman–Crippen MR) is 78.6 cm³/mol. The van der Waals surface area contributed by atoms with Crippen LogP contribution >= 0.6 is 0 Å². The Bertz CT molecular complexity index is 713. The summed E-state index contributed by atoms with van der Waals surface area (Å²) < 4.78 is 44.8. The molecule has 1 unspecified atom stereocenters. The Morgan fingerprint density at radius 3 is 2.79 bits per heavy atom. The van der Waals surface area contributed by atoms with Gasteiger partial charge in [0.1, 0.15) is 18.4 Å². The molecule has 0 aliphatic heterocycles. The third kappa shape index (κ3) is 3.94. The maximum Gasteiger partial charge on any atom is 0.127 e. The molecular formula is C16H21NO2.